The molecule has 0 aliphatic heterocycles. The van der Waals surface area contributed by atoms with E-state index in [9.17, 15) is 9.59 Å². The van der Waals surface area contributed by atoms with E-state index in [1.54, 1.807) is 19.1 Å². The molecule has 0 aromatic heterocycles. The summed E-state index contributed by atoms with van der Waals surface area (Å²) in [7, 11) is 0. The molecule has 0 radical (unpaired) electrons. The van der Waals surface area contributed by atoms with Crippen LogP contribution < -0.4 is 5.32 Å². The van der Waals surface area contributed by atoms with Gasteiger partial charge in [0, 0.05) is 24.4 Å². The van der Waals surface area contributed by atoms with E-state index in [2.05, 4.69) is 12.2 Å². The lowest BCUT2D eigenvalue weighted by Gasteiger charge is -2.10. The highest BCUT2D eigenvalue weighted by molar-refractivity contribution is 5.97. The zero-order chi connectivity index (χ0) is 14.3. The molecule has 1 aromatic carbocycles. The molecule has 4 nitrogen and oxygen atoms in total. The van der Waals surface area contributed by atoms with Crippen LogP contribution >= 0.6 is 0 Å². The van der Waals surface area contributed by atoms with Crippen molar-refractivity contribution in [1.29, 1.82) is 0 Å². The minimum atomic E-state index is -0.272. The number of aliphatic hydroxyl groups is 1. The van der Waals surface area contributed by atoms with Gasteiger partial charge in [0.1, 0.15) is 0 Å². The van der Waals surface area contributed by atoms with Crippen LogP contribution in [0.1, 0.15) is 42.6 Å². The summed E-state index contributed by atoms with van der Waals surface area (Å²) in [6.07, 6.45) is 1.28. The molecule has 0 saturated heterocycles. The van der Waals surface area contributed by atoms with Gasteiger partial charge >= 0.3 is 0 Å². The highest BCUT2D eigenvalue weighted by Crippen LogP contribution is 2.08. The molecule has 1 amide bonds. The predicted octanol–water partition coefficient (Wildman–Crippen LogP) is 1.71. The third-order valence-corrected chi connectivity index (χ3v) is 2.94. The van der Waals surface area contributed by atoms with Crippen LogP contribution in [0.4, 0.5) is 0 Å². The Balaban J connectivity index is 2.44. The van der Waals surface area contributed by atoms with Crippen LogP contribution in [-0.2, 0) is 11.2 Å². The first-order valence-corrected chi connectivity index (χ1v) is 6.59. The molecule has 4 heteroatoms. The molecule has 0 heterocycles. The molecule has 0 bridgehead atoms. The maximum Gasteiger partial charge on any atom is 0.220 e. The smallest absolute Gasteiger partial charge is 0.220 e. The SMILES string of the molecule is CCc1ccc(C(=O)CCC(=O)NC(C)CO)cc1. The maximum atomic E-state index is 11.9. The fourth-order valence-electron chi connectivity index (χ4n) is 1.69. The molecule has 19 heavy (non-hydrogen) atoms. The number of benzene rings is 1. The number of rotatable bonds is 7. The van der Waals surface area contributed by atoms with Crippen molar-refractivity contribution in [1.82, 2.24) is 5.32 Å². The van der Waals surface area contributed by atoms with Gasteiger partial charge in [-0.2, -0.15) is 0 Å². The Kier molecular flexibility index (Phi) is 6.22. The van der Waals surface area contributed by atoms with Gasteiger partial charge in [-0.15, -0.1) is 0 Å². The summed E-state index contributed by atoms with van der Waals surface area (Å²) in [5.41, 5.74) is 1.83. The Morgan fingerprint density at radius 1 is 1.21 bits per heavy atom. The van der Waals surface area contributed by atoms with Crippen molar-refractivity contribution in [2.75, 3.05) is 6.61 Å². The summed E-state index contributed by atoms with van der Waals surface area (Å²) in [4.78, 5) is 23.3. The molecule has 104 valence electrons. The third kappa shape index (κ3) is 5.22. The Labute approximate surface area is 113 Å². The molecular formula is C15H21NO3. The van der Waals surface area contributed by atoms with Crippen molar-refractivity contribution >= 4 is 11.7 Å². The van der Waals surface area contributed by atoms with Crippen LogP contribution in [0.25, 0.3) is 0 Å². The minimum absolute atomic E-state index is 0.0329. The summed E-state index contributed by atoms with van der Waals surface area (Å²) in [6.45, 7) is 3.67. The number of aliphatic hydroxyl groups excluding tert-OH is 1. The number of carbonyl (C=O) groups excluding carboxylic acids is 2. The molecule has 0 fully saturated rings. The number of hydrogen-bond acceptors (Lipinski definition) is 3. The topological polar surface area (TPSA) is 66.4 Å². The van der Waals surface area contributed by atoms with Crippen molar-refractivity contribution in [3.63, 3.8) is 0 Å². The van der Waals surface area contributed by atoms with Crippen LogP contribution in [0.3, 0.4) is 0 Å². The molecule has 1 atom stereocenters. The Hall–Kier alpha value is -1.68. The van der Waals surface area contributed by atoms with Crippen molar-refractivity contribution in [2.45, 2.75) is 39.2 Å². The van der Waals surface area contributed by atoms with Gasteiger partial charge in [0.05, 0.1) is 6.61 Å². The van der Waals surface area contributed by atoms with Gasteiger partial charge in [-0.25, -0.2) is 0 Å². The number of Topliss-reactive ketones (excluding diaryl/α,β-unsaturated/α-hetero) is 1. The van der Waals surface area contributed by atoms with Gasteiger partial charge in [-0.05, 0) is 18.9 Å². The Bertz CT molecular complexity index is 426. The van der Waals surface area contributed by atoms with Gasteiger partial charge in [-0.3, -0.25) is 9.59 Å². The average Bonchev–Trinajstić information content (AvgIpc) is 2.44. The highest BCUT2D eigenvalue weighted by Gasteiger charge is 2.10. The van der Waals surface area contributed by atoms with Crippen LogP contribution in [0.2, 0.25) is 0 Å². The van der Waals surface area contributed by atoms with Crippen LogP contribution in [0, 0.1) is 0 Å². The van der Waals surface area contributed by atoms with E-state index in [4.69, 9.17) is 5.11 Å². The molecule has 0 aliphatic carbocycles. The molecule has 0 spiro atoms. The summed E-state index contributed by atoms with van der Waals surface area (Å²) >= 11 is 0. The van der Waals surface area contributed by atoms with Crippen molar-refractivity contribution < 1.29 is 14.7 Å². The lowest BCUT2D eigenvalue weighted by Crippen LogP contribution is -2.35. The molecule has 1 unspecified atom stereocenters. The minimum Gasteiger partial charge on any atom is -0.394 e. The highest BCUT2D eigenvalue weighted by atomic mass is 16.3. The molecule has 1 aromatic rings. The molecule has 2 N–H and O–H groups in total. The number of carbonyl (C=O) groups is 2. The van der Waals surface area contributed by atoms with Crippen LogP contribution in [-0.4, -0.2) is 29.4 Å². The van der Waals surface area contributed by atoms with E-state index in [-0.39, 0.29) is 37.2 Å². The molecule has 0 saturated carbocycles. The van der Waals surface area contributed by atoms with Crippen molar-refractivity contribution in [2.24, 2.45) is 0 Å². The van der Waals surface area contributed by atoms with Crippen LogP contribution in [0.15, 0.2) is 24.3 Å². The van der Waals surface area contributed by atoms with Gasteiger partial charge < -0.3 is 10.4 Å². The van der Waals surface area contributed by atoms with E-state index >= 15 is 0 Å². The fraction of sp³-hybridized carbons (Fsp3) is 0.467. The number of ketones is 1. The largest absolute Gasteiger partial charge is 0.394 e. The first-order chi connectivity index (χ1) is 9.06. The number of hydrogen-bond donors (Lipinski definition) is 2. The standard InChI is InChI=1S/C15H21NO3/c1-3-12-4-6-13(7-5-12)14(18)8-9-15(19)16-11(2)10-17/h4-7,11,17H,3,8-10H2,1-2H3,(H,16,19). The molecule has 1 rings (SSSR count). The Morgan fingerprint density at radius 2 is 1.84 bits per heavy atom. The van der Waals surface area contributed by atoms with E-state index in [1.807, 2.05) is 12.1 Å². The summed E-state index contributed by atoms with van der Waals surface area (Å²) in [5, 5.41) is 11.4. The summed E-state index contributed by atoms with van der Waals surface area (Å²) < 4.78 is 0. The van der Waals surface area contributed by atoms with E-state index in [0.717, 1.165) is 6.42 Å². The van der Waals surface area contributed by atoms with Gasteiger partial charge in [0.15, 0.2) is 5.78 Å². The average molecular weight is 263 g/mol. The van der Waals surface area contributed by atoms with Crippen LogP contribution in [0.5, 0.6) is 0 Å². The maximum absolute atomic E-state index is 11.9. The molecular weight excluding hydrogens is 242 g/mol. The quantitative estimate of drug-likeness (QED) is 0.736. The number of aryl methyl sites for hydroxylation is 1. The first kappa shape index (κ1) is 15.4. The second kappa shape index (κ2) is 7.69. The lowest BCUT2D eigenvalue weighted by atomic mass is 10.0. The van der Waals surface area contributed by atoms with Crippen molar-refractivity contribution in [3.8, 4) is 0 Å². The van der Waals surface area contributed by atoms with Gasteiger partial charge in [-0.1, -0.05) is 31.2 Å². The van der Waals surface area contributed by atoms with E-state index in [0.29, 0.717) is 5.56 Å². The Morgan fingerprint density at radius 3 is 2.37 bits per heavy atom. The zero-order valence-electron chi connectivity index (χ0n) is 11.5. The number of amides is 1. The summed E-state index contributed by atoms with van der Waals surface area (Å²) in [6, 6.07) is 7.19. The van der Waals surface area contributed by atoms with Gasteiger partial charge in [0.2, 0.25) is 5.91 Å². The zero-order valence-corrected chi connectivity index (χ0v) is 11.5. The third-order valence-electron chi connectivity index (χ3n) is 2.94. The van der Waals surface area contributed by atoms with Gasteiger partial charge in [0.25, 0.3) is 0 Å². The molecule has 0 aliphatic rings. The number of nitrogens with one attached hydrogen (secondary N) is 1. The summed E-state index contributed by atoms with van der Waals surface area (Å²) in [5.74, 6) is -0.241. The second-order valence-electron chi connectivity index (χ2n) is 4.62. The fourth-order valence-corrected chi connectivity index (χ4v) is 1.69. The van der Waals surface area contributed by atoms with E-state index in [1.165, 1.54) is 5.56 Å². The second-order valence-corrected chi connectivity index (χ2v) is 4.62. The lowest BCUT2D eigenvalue weighted by molar-refractivity contribution is -0.121. The normalized spacial score (nSPS) is 11.9. The predicted molar refractivity (Wildman–Crippen MR) is 74.1 cm³/mol. The van der Waals surface area contributed by atoms with Crippen molar-refractivity contribution in [3.05, 3.63) is 35.4 Å². The first-order valence-electron chi connectivity index (χ1n) is 6.59. The van der Waals surface area contributed by atoms with E-state index < -0.39 is 0 Å². The monoisotopic (exact) mass is 263 g/mol.